The smallest absolute Gasteiger partial charge is 0.222 e. The van der Waals surface area contributed by atoms with Crippen LogP contribution in [0.25, 0.3) is 11.3 Å². The molecule has 0 fully saturated rings. The Labute approximate surface area is 98.4 Å². The lowest BCUT2D eigenvalue weighted by Crippen LogP contribution is -1.89. The molecular formula is C12H8ClN3. The zero-order valence-electron chi connectivity index (χ0n) is 8.61. The Morgan fingerprint density at radius 2 is 2.12 bits per heavy atom. The molecule has 0 atom stereocenters. The van der Waals surface area contributed by atoms with Crippen LogP contribution in [0, 0.1) is 18.3 Å². The van der Waals surface area contributed by atoms with Gasteiger partial charge in [-0.2, -0.15) is 5.26 Å². The topological polar surface area (TPSA) is 49.6 Å². The van der Waals surface area contributed by atoms with E-state index in [0.717, 1.165) is 16.8 Å². The second kappa shape index (κ2) is 4.30. The molecule has 2 aromatic rings. The molecule has 0 spiro atoms. The molecule has 1 heterocycles. The van der Waals surface area contributed by atoms with Crippen molar-refractivity contribution in [3.05, 3.63) is 46.9 Å². The van der Waals surface area contributed by atoms with Crippen molar-refractivity contribution in [1.82, 2.24) is 9.97 Å². The van der Waals surface area contributed by atoms with Gasteiger partial charge < -0.3 is 0 Å². The summed E-state index contributed by atoms with van der Waals surface area (Å²) in [6, 6.07) is 9.51. The fraction of sp³-hybridized carbons (Fsp3) is 0.0833. The van der Waals surface area contributed by atoms with Crippen LogP contribution in [0.2, 0.25) is 5.28 Å². The number of aryl methyl sites for hydroxylation is 1. The summed E-state index contributed by atoms with van der Waals surface area (Å²) in [7, 11) is 0. The Morgan fingerprint density at radius 3 is 2.81 bits per heavy atom. The zero-order valence-corrected chi connectivity index (χ0v) is 9.36. The van der Waals surface area contributed by atoms with Crippen molar-refractivity contribution in [2.75, 3.05) is 0 Å². The second-order valence-electron chi connectivity index (χ2n) is 3.35. The van der Waals surface area contributed by atoms with Gasteiger partial charge in [0.2, 0.25) is 5.28 Å². The molecule has 0 aliphatic heterocycles. The van der Waals surface area contributed by atoms with E-state index in [1.54, 1.807) is 18.3 Å². The number of hydrogen-bond acceptors (Lipinski definition) is 3. The lowest BCUT2D eigenvalue weighted by Gasteiger charge is -2.03. The van der Waals surface area contributed by atoms with Crippen molar-refractivity contribution in [2.45, 2.75) is 6.92 Å². The zero-order chi connectivity index (χ0) is 11.5. The lowest BCUT2D eigenvalue weighted by atomic mass is 10.0. The third-order valence-corrected chi connectivity index (χ3v) is 2.46. The Balaban J connectivity index is 2.54. The minimum atomic E-state index is 0.205. The average molecular weight is 230 g/mol. The molecule has 0 saturated carbocycles. The molecule has 4 heteroatoms. The van der Waals surface area contributed by atoms with Gasteiger partial charge in [-0.25, -0.2) is 9.97 Å². The summed E-state index contributed by atoms with van der Waals surface area (Å²) in [5, 5.41) is 9.14. The van der Waals surface area contributed by atoms with Crippen molar-refractivity contribution >= 4 is 11.6 Å². The van der Waals surface area contributed by atoms with Gasteiger partial charge in [0.05, 0.1) is 17.3 Å². The first kappa shape index (κ1) is 10.6. The maximum absolute atomic E-state index is 8.94. The molecule has 16 heavy (non-hydrogen) atoms. The first-order chi connectivity index (χ1) is 7.70. The maximum Gasteiger partial charge on any atom is 0.222 e. The average Bonchev–Trinajstić information content (AvgIpc) is 2.29. The first-order valence-corrected chi connectivity index (χ1v) is 5.08. The molecule has 2 rings (SSSR count). The third kappa shape index (κ3) is 2.02. The monoisotopic (exact) mass is 229 g/mol. The highest BCUT2D eigenvalue weighted by molar-refractivity contribution is 6.28. The molecule has 0 amide bonds. The molecule has 0 aliphatic carbocycles. The van der Waals surface area contributed by atoms with E-state index in [1.165, 1.54) is 0 Å². The molecule has 0 saturated heterocycles. The predicted octanol–water partition coefficient (Wildman–Crippen LogP) is 2.98. The van der Waals surface area contributed by atoms with Crippen molar-refractivity contribution in [3.8, 4) is 17.3 Å². The maximum atomic E-state index is 8.94. The molecule has 0 N–H and O–H groups in total. The molecular weight excluding hydrogens is 222 g/mol. The molecule has 1 aromatic carbocycles. The Morgan fingerprint density at radius 1 is 1.31 bits per heavy atom. The van der Waals surface area contributed by atoms with Crippen LogP contribution in [-0.2, 0) is 0 Å². The lowest BCUT2D eigenvalue weighted by molar-refractivity contribution is 1.17. The minimum absolute atomic E-state index is 0.205. The first-order valence-electron chi connectivity index (χ1n) is 4.70. The van der Waals surface area contributed by atoms with Gasteiger partial charge in [0.25, 0.3) is 0 Å². The van der Waals surface area contributed by atoms with E-state index in [2.05, 4.69) is 16.0 Å². The van der Waals surface area contributed by atoms with E-state index in [1.807, 2.05) is 19.1 Å². The van der Waals surface area contributed by atoms with E-state index < -0.39 is 0 Å². The van der Waals surface area contributed by atoms with E-state index in [4.69, 9.17) is 16.9 Å². The van der Waals surface area contributed by atoms with Crippen LogP contribution >= 0.6 is 11.6 Å². The van der Waals surface area contributed by atoms with Crippen LogP contribution in [0.3, 0.4) is 0 Å². The molecule has 3 nitrogen and oxygen atoms in total. The van der Waals surface area contributed by atoms with Gasteiger partial charge in [-0.3, -0.25) is 0 Å². The van der Waals surface area contributed by atoms with Crippen molar-refractivity contribution in [2.24, 2.45) is 0 Å². The Bertz CT molecular complexity index is 573. The van der Waals surface area contributed by atoms with Gasteiger partial charge in [0.1, 0.15) is 0 Å². The SMILES string of the molecule is Cc1ccc(-c2ccnc(Cl)n2)cc1C#N. The van der Waals surface area contributed by atoms with Crippen LogP contribution in [-0.4, -0.2) is 9.97 Å². The molecule has 0 bridgehead atoms. The van der Waals surface area contributed by atoms with Crippen molar-refractivity contribution in [3.63, 3.8) is 0 Å². The molecule has 0 unspecified atom stereocenters. The molecule has 1 aromatic heterocycles. The number of aromatic nitrogens is 2. The number of benzene rings is 1. The fourth-order valence-corrected chi connectivity index (χ4v) is 1.54. The third-order valence-electron chi connectivity index (χ3n) is 2.28. The van der Waals surface area contributed by atoms with Gasteiger partial charge in [-0.1, -0.05) is 12.1 Å². The molecule has 0 aliphatic rings. The van der Waals surface area contributed by atoms with Gasteiger partial charge >= 0.3 is 0 Å². The predicted molar refractivity (Wildman–Crippen MR) is 61.9 cm³/mol. The van der Waals surface area contributed by atoms with Crippen LogP contribution in [0.4, 0.5) is 0 Å². The quantitative estimate of drug-likeness (QED) is 0.707. The van der Waals surface area contributed by atoms with Crippen LogP contribution in [0.1, 0.15) is 11.1 Å². The summed E-state index contributed by atoms with van der Waals surface area (Å²) < 4.78 is 0. The fourth-order valence-electron chi connectivity index (χ4n) is 1.40. The summed E-state index contributed by atoms with van der Waals surface area (Å²) >= 11 is 5.71. The van der Waals surface area contributed by atoms with E-state index in [-0.39, 0.29) is 5.28 Å². The van der Waals surface area contributed by atoms with E-state index in [0.29, 0.717) is 5.56 Å². The molecule has 78 valence electrons. The Kier molecular flexibility index (Phi) is 2.84. The standard InChI is InChI=1S/C12H8ClN3/c1-8-2-3-9(6-10(8)7-14)11-4-5-15-12(13)16-11/h2-6H,1H3. The summed E-state index contributed by atoms with van der Waals surface area (Å²) in [6.07, 6.45) is 1.59. The van der Waals surface area contributed by atoms with E-state index in [9.17, 15) is 0 Å². The summed E-state index contributed by atoms with van der Waals surface area (Å²) in [5.41, 5.74) is 3.18. The van der Waals surface area contributed by atoms with Gasteiger partial charge in [0.15, 0.2) is 0 Å². The highest BCUT2D eigenvalue weighted by atomic mass is 35.5. The van der Waals surface area contributed by atoms with Crippen LogP contribution < -0.4 is 0 Å². The number of nitrogens with zero attached hydrogens (tertiary/aromatic N) is 3. The number of halogens is 1. The highest BCUT2D eigenvalue weighted by Gasteiger charge is 2.04. The Hall–Kier alpha value is -1.92. The van der Waals surface area contributed by atoms with Crippen molar-refractivity contribution < 1.29 is 0 Å². The normalized spacial score (nSPS) is 9.81. The molecule has 0 radical (unpaired) electrons. The van der Waals surface area contributed by atoms with Crippen molar-refractivity contribution in [1.29, 1.82) is 5.26 Å². The highest BCUT2D eigenvalue weighted by Crippen LogP contribution is 2.20. The van der Waals surface area contributed by atoms with Gasteiger partial charge in [0, 0.05) is 11.8 Å². The summed E-state index contributed by atoms with van der Waals surface area (Å²) in [6.45, 7) is 1.90. The van der Waals surface area contributed by atoms with Crippen LogP contribution in [0.15, 0.2) is 30.5 Å². The van der Waals surface area contributed by atoms with E-state index >= 15 is 0 Å². The van der Waals surface area contributed by atoms with Crippen LogP contribution in [0.5, 0.6) is 0 Å². The largest absolute Gasteiger partial charge is 0.226 e. The minimum Gasteiger partial charge on any atom is -0.226 e. The summed E-state index contributed by atoms with van der Waals surface area (Å²) in [5.74, 6) is 0. The number of hydrogen-bond donors (Lipinski definition) is 0. The van der Waals surface area contributed by atoms with Gasteiger partial charge in [-0.05, 0) is 36.2 Å². The second-order valence-corrected chi connectivity index (χ2v) is 3.69. The number of rotatable bonds is 1. The summed E-state index contributed by atoms with van der Waals surface area (Å²) in [4.78, 5) is 7.91. The number of nitriles is 1. The van der Waals surface area contributed by atoms with Gasteiger partial charge in [-0.15, -0.1) is 0 Å².